The van der Waals surface area contributed by atoms with E-state index in [1.54, 1.807) is 12.1 Å². The number of rotatable bonds is 4. The Kier molecular flexibility index (Phi) is 6.12. The van der Waals surface area contributed by atoms with Gasteiger partial charge in [-0.05, 0) is 85.7 Å². The minimum absolute atomic E-state index is 0.151. The number of halogens is 1. The molecular formula is C24H20ClN3O3S. The quantitative estimate of drug-likeness (QED) is 0.365. The number of hydrogen-bond acceptors (Lipinski definition) is 5. The number of aromatic nitrogens is 1. The van der Waals surface area contributed by atoms with E-state index in [-0.39, 0.29) is 5.11 Å². The summed E-state index contributed by atoms with van der Waals surface area (Å²) in [7, 11) is 1.48. The van der Waals surface area contributed by atoms with Crippen LogP contribution >= 0.6 is 23.8 Å². The summed E-state index contributed by atoms with van der Waals surface area (Å²) in [6.45, 7) is 4.04. The minimum atomic E-state index is -0.421. The Labute approximate surface area is 195 Å². The third-order valence-corrected chi connectivity index (χ3v) is 5.28. The molecule has 3 aromatic carbocycles. The average molecular weight is 466 g/mol. The van der Waals surface area contributed by atoms with E-state index in [2.05, 4.69) is 21.7 Å². The summed E-state index contributed by atoms with van der Waals surface area (Å²) < 4.78 is 11.2. The van der Waals surface area contributed by atoms with Crippen molar-refractivity contribution in [3.8, 4) is 17.2 Å². The van der Waals surface area contributed by atoms with Gasteiger partial charge in [-0.1, -0.05) is 17.7 Å². The highest BCUT2D eigenvalue weighted by Crippen LogP contribution is 2.28. The fourth-order valence-electron chi connectivity index (χ4n) is 3.39. The van der Waals surface area contributed by atoms with Crippen LogP contribution in [-0.4, -0.2) is 23.1 Å². The number of anilines is 1. The van der Waals surface area contributed by atoms with Crippen molar-refractivity contribution in [2.45, 2.75) is 13.8 Å². The molecule has 0 aliphatic heterocycles. The molecule has 1 heterocycles. The van der Waals surface area contributed by atoms with Gasteiger partial charge < -0.3 is 14.5 Å². The monoisotopic (exact) mass is 465 g/mol. The maximum absolute atomic E-state index is 12.6. The van der Waals surface area contributed by atoms with E-state index in [4.69, 9.17) is 33.0 Å². The Morgan fingerprint density at radius 2 is 1.84 bits per heavy atom. The van der Waals surface area contributed by atoms with Gasteiger partial charge in [-0.15, -0.1) is 0 Å². The molecule has 0 saturated heterocycles. The van der Waals surface area contributed by atoms with Crippen molar-refractivity contribution in [2.75, 3.05) is 12.4 Å². The molecule has 6 nitrogen and oxygen atoms in total. The number of nitrogens with one attached hydrogen (secondary N) is 2. The second kappa shape index (κ2) is 8.98. The molecule has 8 heteroatoms. The Bertz CT molecular complexity index is 1330. The maximum atomic E-state index is 12.6. The van der Waals surface area contributed by atoms with Gasteiger partial charge in [0, 0.05) is 16.3 Å². The van der Waals surface area contributed by atoms with Crippen molar-refractivity contribution < 1.29 is 13.9 Å². The summed E-state index contributed by atoms with van der Waals surface area (Å²) in [6.07, 6.45) is 0. The second-order valence-corrected chi connectivity index (χ2v) is 8.12. The van der Waals surface area contributed by atoms with E-state index in [1.165, 1.54) is 13.2 Å². The molecule has 0 aliphatic carbocycles. The molecule has 0 atom stereocenters. The molecule has 0 unspecified atom stereocenters. The number of amides is 1. The van der Waals surface area contributed by atoms with E-state index in [0.717, 1.165) is 27.8 Å². The number of methoxy groups -OCH3 is 1. The van der Waals surface area contributed by atoms with Gasteiger partial charge in [-0.3, -0.25) is 10.1 Å². The standard InChI is InChI=1S/C24H20ClN3O3S/c1-13-10-14(2)21-19(11-13)27-23(31-21)15-4-7-17(8-5-15)26-24(32)28-22(29)18-12-16(25)6-9-20(18)30-3/h4-12H,1-3H3,(H2,26,28,29,32). The van der Waals surface area contributed by atoms with Crippen molar-refractivity contribution >= 4 is 51.6 Å². The average Bonchev–Trinajstić information content (AvgIpc) is 3.18. The lowest BCUT2D eigenvalue weighted by Crippen LogP contribution is -2.34. The molecule has 32 heavy (non-hydrogen) atoms. The Balaban J connectivity index is 1.46. The van der Waals surface area contributed by atoms with Gasteiger partial charge in [-0.25, -0.2) is 4.98 Å². The van der Waals surface area contributed by atoms with E-state index in [1.807, 2.05) is 44.2 Å². The molecule has 0 saturated carbocycles. The van der Waals surface area contributed by atoms with Crippen LogP contribution < -0.4 is 15.4 Å². The number of oxazole rings is 1. The number of benzene rings is 3. The second-order valence-electron chi connectivity index (χ2n) is 7.28. The Morgan fingerprint density at radius 1 is 1.09 bits per heavy atom. The zero-order chi connectivity index (χ0) is 22.8. The third-order valence-electron chi connectivity index (χ3n) is 4.84. The van der Waals surface area contributed by atoms with Crippen molar-refractivity contribution in [3.63, 3.8) is 0 Å². The SMILES string of the molecule is COc1ccc(Cl)cc1C(=O)NC(=S)Nc1ccc(-c2nc3cc(C)cc(C)c3o2)cc1. The van der Waals surface area contributed by atoms with Crippen molar-refractivity contribution in [1.29, 1.82) is 0 Å². The number of aryl methyl sites for hydroxylation is 2. The van der Waals surface area contributed by atoms with Crippen LogP contribution in [0.5, 0.6) is 5.75 Å². The highest BCUT2D eigenvalue weighted by Gasteiger charge is 2.15. The van der Waals surface area contributed by atoms with Crippen LogP contribution in [0.3, 0.4) is 0 Å². The van der Waals surface area contributed by atoms with Crippen LogP contribution in [0.4, 0.5) is 5.69 Å². The minimum Gasteiger partial charge on any atom is -0.496 e. The molecule has 2 N–H and O–H groups in total. The zero-order valence-electron chi connectivity index (χ0n) is 17.7. The van der Waals surface area contributed by atoms with E-state index in [9.17, 15) is 4.79 Å². The maximum Gasteiger partial charge on any atom is 0.261 e. The molecule has 0 bridgehead atoms. The molecular weight excluding hydrogens is 446 g/mol. The number of thiocarbonyl (C=S) groups is 1. The summed E-state index contributed by atoms with van der Waals surface area (Å²) in [5.74, 6) is 0.530. The van der Waals surface area contributed by atoms with E-state index in [0.29, 0.717) is 27.9 Å². The largest absolute Gasteiger partial charge is 0.496 e. The summed E-state index contributed by atoms with van der Waals surface area (Å²) in [4.78, 5) is 17.2. The fourth-order valence-corrected chi connectivity index (χ4v) is 3.77. The third kappa shape index (κ3) is 4.59. The molecule has 1 amide bonds. The number of fused-ring (bicyclic) bond motifs is 1. The molecule has 1 aromatic heterocycles. The molecule has 0 aliphatic rings. The summed E-state index contributed by atoms with van der Waals surface area (Å²) in [5.41, 5.74) is 5.65. The molecule has 162 valence electrons. The van der Waals surface area contributed by atoms with Gasteiger partial charge in [0.25, 0.3) is 5.91 Å². The van der Waals surface area contributed by atoms with Gasteiger partial charge in [0.15, 0.2) is 10.7 Å². The lowest BCUT2D eigenvalue weighted by Gasteiger charge is -2.12. The fraction of sp³-hybridized carbons (Fsp3) is 0.125. The first-order valence-electron chi connectivity index (χ1n) is 9.78. The van der Waals surface area contributed by atoms with Crippen molar-refractivity contribution in [1.82, 2.24) is 10.3 Å². The molecule has 0 spiro atoms. The Hall–Kier alpha value is -3.42. The van der Waals surface area contributed by atoms with Crippen molar-refractivity contribution in [2.24, 2.45) is 0 Å². The predicted molar refractivity (Wildman–Crippen MR) is 131 cm³/mol. The summed E-state index contributed by atoms with van der Waals surface area (Å²) in [6, 6.07) is 16.3. The number of ether oxygens (including phenoxy) is 1. The van der Waals surface area contributed by atoms with Gasteiger partial charge >= 0.3 is 0 Å². The first-order valence-corrected chi connectivity index (χ1v) is 10.6. The lowest BCUT2D eigenvalue weighted by atomic mass is 10.1. The number of nitrogens with zero attached hydrogens (tertiary/aromatic N) is 1. The van der Waals surface area contributed by atoms with Crippen LogP contribution in [0.1, 0.15) is 21.5 Å². The van der Waals surface area contributed by atoms with Crippen LogP contribution in [-0.2, 0) is 0 Å². The molecule has 0 fully saturated rings. The van der Waals surface area contributed by atoms with Gasteiger partial charge in [-0.2, -0.15) is 0 Å². The molecule has 4 rings (SSSR count). The van der Waals surface area contributed by atoms with Crippen LogP contribution in [0.15, 0.2) is 59.0 Å². The molecule has 0 radical (unpaired) electrons. The number of carbonyl (C=O) groups is 1. The normalized spacial score (nSPS) is 10.8. The van der Waals surface area contributed by atoms with Gasteiger partial charge in [0.2, 0.25) is 5.89 Å². The lowest BCUT2D eigenvalue weighted by molar-refractivity contribution is 0.0975. The molecule has 4 aromatic rings. The highest BCUT2D eigenvalue weighted by molar-refractivity contribution is 7.80. The number of carbonyl (C=O) groups excluding carboxylic acids is 1. The zero-order valence-corrected chi connectivity index (χ0v) is 19.2. The highest BCUT2D eigenvalue weighted by atomic mass is 35.5. The first-order chi connectivity index (χ1) is 15.3. The van der Waals surface area contributed by atoms with E-state index < -0.39 is 5.91 Å². The predicted octanol–water partition coefficient (Wildman–Crippen LogP) is 5.90. The van der Waals surface area contributed by atoms with Crippen LogP contribution in [0.25, 0.3) is 22.6 Å². The summed E-state index contributed by atoms with van der Waals surface area (Å²) >= 11 is 11.3. The topological polar surface area (TPSA) is 76.4 Å². The van der Waals surface area contributed by atoms with Crippen LogP contribution in [0.2, 0.25) is 5.02 Å². The number of hydrogen-bond donors (Lipinski definition) is 2. The van der Waals surface area contributed by atoms with Gasteiger partial charge in [0.1, 0.15) is 11.3 Å². The summed E-state index contributed by atoms with van der Waals surface area (Å²) in [5, 5.41) is 6.20. The van der Waals surface area contributed by atoms with Crippen molar-refractivity contribution in [3.05, 3.63) is 76.3 Å². The first kappa shape index (κ1) is 21.8. The van der Waals surface area contributed by atoms with Crippen LogP contribution in [0, 0.1) is 13.8 Å². The Morgan fingerprint density at radius 3 is 2.56 bits per heavy atom. The smallest absolute Gasteiger partial charge is 0.261 e. The van der Waals surface area contributed by atoms with E-state index >= 15 is 0 Å². The van der Waals surface area contributed by atoms with Gasteiger partial charge in [0.05, 0.1) is 12.7 Å².